The van der Waals surface area contributed by atoms with Gasteiger partial charge in [-0.15, -0.1) is 0 Å². The molecule has 2 N–H and O–H groups in total. The van der Waals surface area contributed by atoms with Crippen molar-refractivity contribution in [2.45, 2.75) is 19.9 Å². The molecule has 0 aliphatic carbocycles. The van der Waals surface area contributed by atoms with Crippen LogP contribution in [-0.4, -0.2) is 30.4 Å². The fraction of sp³-hybridized carbons (Fsp3) is 0.750. The van der Waals surface area contributed by atoms with Crippen LogP contribution in [0.25, 0.3) is 0 Å². The van der Waals surface area contributed by atoms with Gasteiger partial charge in [0.25, 0.3) is 0 Å². The Hall–Kier alpha value is -1.08. The molecule has 0 aliphatic heterocycles. The summed E-state index contributed by atoms with van der Waals surface area (Å²) >= 11 is 0. The molecule has 68 valence electrons. The van der Waals surface area contributed by atoms with Crippen LogP contribution in [0.3, 0.4) is 0 Å². The van der Waals surface area contributed by atoms with Crippen LogP contribution in [0, 0.1) is 17.2 Å². The monoisotopic (exact) mass is 169 g/mol. The lowest BCUT2D eigenvalue weighted by Crippen LogP contribution is -2.44. The first-order valence-corrected chi connectivity index (χ1v) is 3.88. The minimum absolute atomic E-state index is 0.0965. The summed E-state index contributed by atoms with van der Waals surface area (Å²) in [6.45, 7) is 3.85. The lowest BCUT2D eigenvalue weighted by molar-refractivity contribution is -0.131. The van der Waals surface area contributed by atoms with Crippen LogP contribution in [0.1, 0.15) is 13.8 Å². The van der Waals surface area contributed by atoms with Gasteiger partial charge in [0.1, 0.15) is 6.54 Å². The minimum atomic E-state index is -0.497. The molecule has 4 nitrogen and oxygen atoms in total. The Bertz CT molecular complexity index is 195. The van der Waals surface area contributed by atoms with Crippen molar-refractivity contribution in [3.05, 3.63) is 0 Å². The molecule has 0 fully saturated rings. The molecule has 0 aromatic heterocycles. The average Bonchev–Trinajstić information content (AvgIpc) is 2.02. The molecule has 0 bridgehead atoms. The van der Waals surface area contributed by atoms with Crippen molar-refractivity contribution in [3.63, 3.8) is 0 Å². The molecule has 1 unspecified atom stereocenters. The normalized spacial score (nSPS) is 12.3. The van der Waals surface area contributed by atoms with Gasteiger partial charge in [0.15, 0.2) is 0 Å². The van der Waals surface area contributed by atoms with Crippen molar-refractivity contribution in [1.29, 1.82) is 5.26 Å². The standard InChI is InChI=1S/C8H15N3O/c1-6(2)7(10)8(12)11(3)5-4-9/h6-7H,5,10H2,1-3H3. The van der Waals surface area contributed by atoms with E-state index in [2.05, 4.69) is 0 Å². The van der Waals surface area contributed by atoms with E-state index in [9.17, 15) is 4.79 Å². The van der Waals surface area contributed by atoms with Crippen LogP contribution in [0.4, 0.5) is 0 Å². The zero-order valence-corrected chi connectivity index (χ0v) is 7.74. The van der Waals surface area contributed by atoms with E-state index in [0.717, 1.165) is 0 Å². The highest BCUT2D eigenvalue weighted by Gasteiger charge is 2.20. The number of rotatable bonds is 3. The van der Waals surface area contributed by atoms with Crippen molar-refractivity contribution >= 4 is 5.91 Å². The van der Waals surface area contributed by atoms with Crippen LogP contribution < -0.4 is 5.73 Å². The van der Waals surface area contributed by atoms with E-state index >= 15 is 0 Å². The predicted octanol–water partition coefficient (Wildman–Crippen LogP) is -0.0483. The van der Waals surface area contributed by atoms with Gasteiger partial charge in [-0.2, -0.15) is 5.26 Å². The summed E-state index contributed by atoms with van der Waals surface area (Å²) in [5.74, 6) is -0.0646. The van der Waals surface area contributed by atoms with Crippen molar-refractivity contribution in [3.8, 4) is 6.07 Å². The van der Waals surface area contributed by atoms with E-state index in [1.807, 2.05) is 19.9 Å². The second-order valence-corrected chi connectivity index (χ2v) is 3.12. The molecule has 1 amide bonds. The lowest BCUT2D eigenvalue weighted by atomic mass is 10.0. The van der Waals surface area contributed by atoms with E-state index in [0.29, 0.717) is 0 Å². The number of likely N-dealkylation sites (N-methyl/N-ethyl adjacent to an activating group) is 1. The molecule has 0 radical (unpaired) electrons. The summed E-state index contributed by atoms with van der Waals surface area (Å²) in [7, 11) is 1.58. The Morgan fingerprint density at radius 1 is 1.67 bits per heavy atom. The highest BCUT2D eigenvalue weighted by Crippen LogP contribution is 2.01. The number of hydrogen-bond donors (Lipinski definition) is 1. The van der Waals surface area contributed by atoms with Crippen LogP contribution in [0.5, 0.6) is 0 Å². The predicted molar refractivity (Wildman–Crippen MR) is 46.1 cm³/mol. The van der Waals surface area contributed by atoms with E-state index in [-0.39, 0.29) is 18.4 Å². The number of carbonyl (C=O) groups excluding carboxylic acids is 1. The van der Waals surface area contributed by atoms with Crippen LogP contribution in [0.15, 0.2) is 0 Å². The van der Waals surface area contributed by atoms with Gasteiger partial charge >= 0.3 is 0 Å². The smallest absolute Gasteiger partial charge is 0.240 e. The molecule has 0 aliphatic rings. The molecule has 0 spiro atoms. The Labute approximate surface area is 72.9 Å². The van der Waals surface area contributed by atoms with E-state index in [4.69, 9.17) is 11.0 Å². The number of carbonyl (C=O) groups is 1. The van der Waals surface area contributed by atoms with Crippen molar-refractivity contribution < 1.29 is 4.79 Å². The third kappa shape index (κ3) is 2.89. The van der Waals surface area contributed by atoms with E-state index in [1.54, 1.807) is 7.05 Å². The second-order valence-electron chi connectivity index (χ2n) is 3.12. The number of nitriles is 1. The molecule has 0 saturated heterocycles. The molecule has 0 heterocycles. The third-order valence-electron chi connectivity index (χ3n) is 1.69. The minimum Gasteiger partial charge on any atom is -0.331 e. The first kappa shape index (κ1) is 10.9. The lowest BCUT2D eigenvalue weighted by Gasteiger charge is -2.20. The molecule has 0 aromatic carbocycles. The van der Waals surface area contributed by atoms with Gasteiger partial charge in [-0.3, -0.25) is 4.79 Å². The number of nitrogens with two attached hydrogens (primary N) is 1. The first-order chi connectivity index (χ1) is 5.50. The summed E-state index contributed by atoms with van der Waals surface area (Å²) in [4.78, 5) is 12.7. The SMILES string of the molecule is CC(C)C(N)C(=O)N(C)CC#N. The topological polar surface area (TPSA) is 70.1 Å². The highest BCUT2D eigenvalue weighted by molar-refractivity contribution is 5.81. The summed E-state index contributed by atoms with van der Waals surface area (Å²) in [5, 5.41) is 8.32. The molecule has 4 heteroatoms. The molecule has 1 atom stereocenters. The van der Waals surface area contributed by atoms with Gasteiger partial charge in [0.2, 0.25) is 5.91 Å². The molecule has 0 aromatic rings. The van der Waals surface area contributed by atoms with Crippen molar-refractivity contribution in [2.24, 2.45) is 11.7 Å². The zero-order valence-electron chi connectivity index (χ0n) is 7.74. The number of hydrogen-bond acceptors (Lipinski definition) is 3. The Morgan fingerprint density at radius 2 is 2.17 bits per heavy atom. The fourth-order valence-electron chi connectivity index (χ4n) is 0.724. The Morgan fingerprint density at radius 3 is 2.50 bits per heavy atom. The van der Waals surface area contributed by atoms with Gasteiger partial charge < -0.3 is 10.6 Å². The van der Waals surface area contributed by atoms with Crippen molar-refractivity contribution in [1.82, 2.24) is 4.90 Å². The number of amides is 1. The van der Waals surface area contributed by atoms with Gasteiger partial charge in [-0.25, -0.2) is 0 Å². The van der Waals surface area contributed by atoms with Crippen LogP contribution in [-0.2, 0) is 4.79 Å². The van der Waals surface area contributed by atoms with Crippen molar-refractivity contribution in [2.75, 3.05) is 13.6 Å². The van der Waals surface area contributed by atoms with Crippen LogP contribution >= 0.6 is 0 Å². The van der Waals surface area contributed by atoms with E-state index < -0.39 is 6.04 Å². The Balaban J connectivity index is 4.11. The molecule has 0 saturated carbocycles. The van der Waals surface area contributed by atoms with Gasteiger partial charge in [-0.1, -0.05) is 13.8 Å². The zero-order chi connectivity index (χ0) is 9.72. The first-order valence-electron chi connectivity index (χ1n) is 3.88. The highest BCUT2D eigenvalue weighted by atomic mass is 16.2. The Kier molecular flexibility index (Phi) is 4.30. The van der Waals surface area contributed by atoms with Crippen LogP contribution in [0.2, 0.25) is 0 Å². The van der Waals surface area contributed by atoms with Gasteiger partial charge in [0.05, 0.1) is 12.1 Å². The summed E-state index contributed by atoms with van der Waals surface area (Å²) in [6, 6.07) is 1.39. The average molecular weight is 169 g/mol. The maximum absolute atomic E-state index is 11.3. The van der Waals surface area contributed by atoms with E-state index in [1.165, 1.54) is 4.90 Å². The molecular weight excluding hydrogens is 154 g/mol. The fourth-order valence-corrected chi connectivity index (χ4v) is 0.724. The van der Waals surface area contributed by atoms with Gasteiger partial charge in [0, 0.05) is 7.05 Å². The maximum Gasteiger partial charge on any atom is 0.240 e. The molecule has 0 rings (SSSR count). The largest absolute Gasteiger partial charge is 0.331 e. The summed E-state index contributed by atoms with van der Waals surface area (Å²) in [5.41, 5.74) is 5.59. The summed E-state index contributed by atoms with van der Waals surface area (Å²) < 4.78 is 0. The second kappa shape index (κ2) is 4.73. The molecule has 12 heavy (non-hydrogen) atoms. The number of nitrogens with zero attached hydrogens (tertiary/aromatic N) is 2. The van der Waals surface area contributed by atoms with Gasteiger partial charge in [-0.05, 0) is 5.92 Å². The molecular formula is C8H15N3O. The summed E-state index contributed by atoms with van der Waals surface area (Å²) in [6.07, 6.45) is 0. The quantitative estimate of drug-likeness (QED) is 0.602. The maximum atomic E-state index is 11.3. The third-order valence-corrected chi connectivity index (χ3v) is 1.69.